The summed E-state index contributed by atoms with van der Waals surface area (Å²) in [6.07, 6.45) is 0.628. The molecule has 1 aromatic heterocycles. The molecule has 27 heavy (non-hydrogen) atoms. The summed E-state index contributed by atoms with van der Waals surface area (Å²) in [5, 5.41) is 0.689. The van der Waals surface area contributed by atoms with E-state index in [2.05, 4.69) is 4.98 Å². The lowest BCUT2D eigenvalue weighted by molar-refractivity contribution is -0.130. The Morgan fingerprint density at radius 1 is 1.22 bits per heavy atom. The molecule has 0 bridgehead atoms. The molecule has 2 aromatic rings. The molecule has 2 unspecified atom stereocenters. The molecule has 2 aliphatic heterocycles. The Hall–Kier alpha value is -2.09. The number of anilines is 1. The third kappa shape index (κ3) is 3.09. The van der Waals surface area contributed by atoms with Crippen molar-refractivity contribution in [2.24, 2.45) is 5.73 Å². The Labute approximate surface area is 166 Å². The van der Waals surface area contributed by atoms with Crippen molar-refractivity contribution in [1.82, 2.24) is 14.5 Å². The monoisotopic (exact) mass is 407 g/mol. The fourth-order valence-electron chi connectivity index (χ4n) is 3.86. The molecule has 2 fully saturated rings. The van der Waals surface area contributed by atoms with E-state index in [1.807, 2.05) is 9.80 Å². The molecule has 0 aliphatic carbocycles. The first-order chi connectivity index (χ1) is 12.9. The Kier molecular flexibility index (Phi) is 4.61. The standard InChI is InChI=1S/C18H19Cl2N5O2/c1-10-22-15(23-5-6-24-11(9-23)7-13(21)18(24)27)8-16(26)25(10)14-4-2-3-12(19)17(14)20/h2-4,8,11,13H,5-7,9,21H2,1H3. The highest BCUT2D eigenvalue weighted by atomic mass is 35.5. The summed E-state index contributed by atoms with van der Waals surface area (Å²) >= 11 is 12.3. The van der Waals surface area contributed by atoms with Gasteiger partial charge in [-0.2, -0.15) is 0 Å². The van der Waals surface area contributed by atoms with E-state index in [4.69, 9.17) is 28.9 Å². The van der Waals surface area contributed by atoms with Crippen LogP contribution in [0.25, 0.3) is 5.69 Å². The predicted molar refractivity (Wildman–Crippen MR) is 105 cm³/mol. The van der Waals surface area contributed by atoms with Crippen LogP contribution >= 0.6 is 23.2 Å². The summed E-state index contributed by atoms with van der Waals surface area (Å²) in [5.74, 6) is 1.12. The van der Waals surface area contributed by atoms with Gasteiger partial charge >= 0.3 is 0 Å². The van der Waals surface area contributed by atoms with Gasteiger partial charge in [-0.1, -0.05) is 29.3 Å². The van der Waals surface area contributed by atoms with Crippen molar-refractivity contribution in [2.45, 2.75) is 25.4 Å². The molecule has 2 atom stereocenters. The van der Waals surface area contributed by atoms with E-state index < -0.39 is 6.04 Å². The number of rotatable bonds is 2. The lowest BCUT2D eigenvalue weighted by Crippen LogP contribution is -2.52. The molecular weight excluding hydrogens is 389 g/mol. The fraction of sp³-hybridized carbons (Fsp3) is 0.389. The average Bonchev–Trinajstić information content (AvgIpc) is 2.91. The first-order valence-corrected chi connectivity index (χ1v) is 9.48. The number of carbonyl (C=O) groups is 1. The van der Waals surface area contributed by atoms with Gasteiger partial charge in [0.2, 0.25) is 5.91 Å². The molecule has 2 aliphatic rings. The van der Waals surface area contributed by atoms with E-state index in [1.165, 1.54) is 10.6 Å². The van der Waals surface area contributed by atoms with Gasteiger partial charge in [-0.05, 0) is 25.5 Å². The summed E-state index contributed by atoms with van der Waals surface area (Å²) in [5.41, 5.74) is 6.15. The third-order valence-electron chi connectivity index (χ3n) is 5.18. The van der Waals surface area contributed by atoms with Crippen LogP contribution in [0.5, 0.6) is 0 Å². The van der Waals surface area contributed by atoms with Gasteiger partial charge in [-0.15, -0.1) is 0 Å². The summed E-state index contributed by atoms with van der Waals surface area (Å²) in [6.45, 7) is 3.57. The lowest BCUT2D eigenvalue weighted by Gasteiger charge is -2.38. The van der Waals surface area contributed by atoms with Crippen molar-refractivity contribution in [3.63, 3.8) is 0 Å². The quantitative estimate of drug-likeness (QED) is 0.816. The maximum absolute atomic E-state index is 12.8. The van der Waals surface area contributed by atoms with Crippen LogP contribution in [-0.4, -0.2) is 52.1 Å². The first kappa shape index (κ1) is 18.3. The summed E-state index contributed by atoms with van der Waals surface area (Å²) in [6, 6.07) is 6.27. The lowest BCUT2D eigenvalue weighted by atomic mass is 10.1. The van der Waals surface area contributed by atoms with Crippen LogP contribution in [0.3, 0.4) is 0 Å². The Bertz CT molecular complexity index is 977. The Morgan fingerprint density at radius 3 is 2.74 bits per heavy atom. The van der Waals surface area contributed by atoms with Crippen LogP contribution in [-0.2, 0) is 4.79 Å². The zero-order chi connectivity index (χ0) is 19.3. The minimum atomic E-state index is -0.428. The van der Waals surface area contributed by atoms with Gasteiger partial charge in [0.15, 0.2) is 0 Å². The molecule has 7 nitrogen and oxygen atoms in total. The maximum atomic E-state index is 12.8. The topological polar surface area (TPSA) is 84.5 Å². The number of amides is 1. The second-order valence-electron chi connectivity index (χ2n) is 6.88. The van der Waals surface area contributed by atoms with Crippen molar-refractivity contribution >= 4 is 34.9 Å². The smallest absolute Gasteiger partial charge is 0.260 e. The van der Waals surface area contributed by atoms with E-state index in [9.17, 15) is 9.59 Å². The van der Waals surface area contributed by atoms with Gasteiger partial charge in [0.1, 0.15) is 11.6 Å². The zero-order valence-electron chi connectivity index (χ0n) is 14.7. The van der Waals surface area contributed by atoms with Gasteiger partial charge < -0.3 is 15.5 Å². The highest BCUT2D eigenvalue weighted by Crippen LogP contribution is 2.29. The molecule has 142 valence electrons. The molecule has 2 saturated heterocycles. The number of aromatic nitrogens is 2. The van der Waals surface area contributed by atoms with Gasteiger partial charge in [0, 0.05) is 25.7 Å². The van der Waals surface area contributed by atoms with Gasteiger partial charge in [0.05, 0.1) is 27.8 Å². The molecule has 9 heteroatoms. The molecule has 2 N–H and O–H groups in total. The second kappa shape index (κ2) is 6.82. The number of carbonyl (C=O) groups excluding carboxylic acids is 1. The molecule has 1 aromatic carbocycles. The van der Waals surface area contributed by atoms with E-state index in [0.29, 0.717) is 53.4 Å². The van der Waals surface area contributed by atoms with Crippen LogP contribution in [0.1, 0.15) is 12.2 Å². The van der Waals surface area contributed by atoms with Crippen LogP contribution in [0.15, 0.2) is 29.1 Å². The molecule has 4 rings (SSSR count). The third-order valence-corrected chi connectivity index (χ3v) is 5.99. The number of aryl methyl sites for hydroxylation is 1. The van der Waals surface area contributed by atoms with Crippen LogP contribution < -0.4 is 16.2 Å². The van der Waals surface area contributed by atoms with Crippen molar-refractivity contribution in [1.29, 1.82) is 0 Å². The van der Waals surface area contributed by atoms with Gasteiger partial charge in [-0.25, -0.2) is 4.98 Å². The number of nitrogens with two attached hydrogens (primary N) is 1. The minimum absolute atomic E-state index is 0.00908. The number of hydrogen-bond donors (Lipinski definition) is 1. The minimum Gasteiger partial charge on any atom is -0.353 e. The molecule has 3 heterocycles. The molecule has 0 spiro atoms. The van der Waals surface area contributed by atoms with Crippen LogP contribution in [0.2, 0.25) is 10.0 Å². The fourth-order valence-corrected chi connectivity index (χ4v) is 4.24. The predicted octanol–water partition coefficient (Wildman–Crippen LogP) is 1.60. The average molecular weight is 408 g/mol. The van der Waals surface area contributed by atoms with E-state index in [0.717, 1.165) is 0 Å². The van der Waals surface area contributed by atoms with Gasteiger partial charge in [-0.3, -0.25) is 14.2 Å². The summed E-state index contributed by atoms with van der Waals surface area (Å²) in [4.78, 5) is 33.3. The Morgan fingerprint density at radius 2 is 2.00 bits per heavy atom. The number of nitrogens with zero attached hydrogens (tertiary/aromatic N) is 4. The number of piperazine rings is 1. The largest absolute Gasteiger partial charge is 0.353 e. The van der Waals surface area contributed by atoms with Crippen molar-refractivity contribution in [2.75, 3.05) is 24.5 Å². The summed E-state index contributed by atoms with van der Waals surface area (Å²) < 4.78 is 1.45. The van der Waals surface area contributed by atoms with Crippen LogP contribution in [0, 0.1) is 6.92 Å². The van der Waals surface area contributed by atoms with E-state index in [1.54, 1.807) is 25.1 Å². The van der Waals surface area contributed by atoms with Crippen molar-refractivity contribution in [3.8, 4) is 5.69 Å². The highest BCUT2D eigenvalue weighted by Gasteiger charge is 2.40. The maximum Gasteiger partial charge on any atom is 0.260 e. The molecular formula is C18H19Cl2N5O2. The highest BCUT2D eigenvalue weighted by molar-refractivity contribution is 6.43. The van der Waals surface area contributed by atoms with Crippen LogP contribution in [0.4, 0.5) is 5.82 Å². The van der Waals surface area contributed by atoms with Crippen molar-refractivity contribution in [3.05, 3.63) is 50.5 Å². The van der Waals surface area contributed by atoms with E-state index in [-0.39, 0.29) is 17.5 Å². The normalized spacial score (nSPS) is 22.3. The number of fused-ring (bicyclic) bond motifs is 1. The number of benzene rings is 1. The second-order valence-corrected chi connectivity index (χ2v) is 7.67. The summed E-state index contributed by atoms with van der Waals surface area (Å²) in [7, 11) is 0. The molecule has 0 saturated carbocycles. The number of hydrogen-bond acceptors (Lipinski definition) is 5. The zero-order valence-corrected chi connectivity index (χ0v) is 16.2. The van der Waals surface area contributed by atoms with Gasteiger partial charge in [0.25, 0.3) is 5.56 Å². The van der Waals surface area contributed by atoms with E-state index >= 15 is 0 Å². The molecule has 0 radical (unpaired) electrons. The van der Waals surface area contributed by atoms with Crippen molar-refractivity contribution < 1.29 is 4.79 Å². The Balaban J connectivity index is 1.66. The SMILES string of the molecule is Cc1nc(N2CCN3C(=O)C(N)CC3C2)cc(=O)n1-c1cccc(Cl)c1Cl. The molecule has 1 amide bonds. The first-order valence-electron chi connectivity index (χ1n) is 8.73. The number of halogens is 2.